The van der Waals surface area contributed by atoms with E-state index in [-0.39, 0.29) is 25.6 Å². The van der Waals surface area contributed by atoms with Crippen LogP contribution in [-0.2, 0) is 32.7 Å². The lowest BCUT2D eigenvalue weighted by molar-refractivity contribution is -0.870. The van der Waals surface area contributed by atoms with Gasteiger partial charge in [-0.1, -0.05) is 363 Å². The lowest BCUT2D eigenvalue weighted by Crippen LogP contribution is -2.37. The van der Waals surface area contributed by atoms with Crippen LogP contribution in [0.4, 0.5) is 0 Å². The van der Waals surface area contributed by atoms with E-state index in [1.54, 1.807) is 0 Å². The lowest BCUT2D eigenvalue weighted by Gasteiger charge is -2.24. The summed E-state index contributed by atoms with van der Waals surface area (Å²) in [7, 11) is 1.50. The maximum Gasteiger partial charge on any atom is 0.472 e. The van der Waals surface area contributed by atoms with Gasteiger partial charge < -0.3 is 18.9 Å². The zero-order valence-corrected chi connectivity index (χ0v) is 62.4. The Morgan fingerprint density at radius 3 is 0.924 bits per heavy atom. The highest BCUT2D eigenvalue weighted by molar-refractivity contribution is 7.47. The topological polar surface area (TPSA) is 108 Å². The minimum atomic E-state index is -4.39. The van der Waals surface area contributed by atoms with Gasteiger partial charge in [0.2, 0.25) is 0 Å². The number of esters is 2. The summed E-state index contributed by atoms with van der Waals surface area (Å²) in [5.41, 5.74) is 0. The summed E-state index contributed by atoms with van der Waals surface area (Å²) in [6.45, 7) is 4.37. The number of likely N-dealkylation sites (N-methyl/N-ethyl adjacent to an activating group) is 1. The van der Waals surface area contributed by atoms with Crippen LogP contribution in [0.5, 0.6) is 0 Å². The van der Waals surface area contributed by atoms with Crippen molar-refractivity contribution in [1.29, 1.82) is 0 Å². The van der Waals surface area contributed by atoms with Crippen molar-refractivity contribution in [1.82, 2.24) is 0 Å². The molecule has 0 saturated heterocycles. The number of phosphoric ester groups is 1. The molecule has 9 nitrogen and oxygen atoms in total. The van der Waals surface area contributed by atoms with Crippen LogP contribution in [0.15, 0.2) is 72.9 Å². The highest BCUT2D eigenvalue weighted by atomic mass is 31.2. The summed E-state index contributed by atoms with van der Waals surface area (Å²) in [5, 5.41) is 0. The number of unbranched alkanes of at least 4 members (excludes halogenated alkanes) is 48. The number of nitrogens with zero attached hydrogens (tertiary/aromatic N) is 1. The molecule has 0 aliphatic heterocycles. The number of hydrogen-bond donors (Lipinski definition) is 1. The van der Waals surface area contributed by atoms with Gasteiger partial charge in [-0.05, 0) is 83.5 Å². The molecule has 10 heteroatoms. The molecule has 0 spiro atoms. The number of phosphoric acid groups is 1. The minimum absolute atomic E-state index is 0.0334. The van der Waals surface area contributed by atoms with Crippen LogP contribution in [0.1, 0.15) is 386 Å². The largest absolute Gasteiger partial charge is 0.472 e. The van der Waals surface area contributed by atoms with Gasteiger partial charge in [0.1, 0.15) is 19.8 Å². The van der Waals surface area contributed by atoms with E-state index in [0.29, 0.717) is 23.9 Å². The van der Waals surface area contributed by atoms with Crippen LogP contribution in [0, 0.1) is 0 Å². The fourth-order valence-electron chi connectivity index (χ4n) is 11.7. The average molecular weight is 1310 g/mol. The third kappa shape index (κ3) is 76.5. The van der Waals surface area contributed by atoms with E-state index in [0.717, 1.165) is 64.2 Å². The lowest BCUT2D eigenvalue weighted by atomic mass is 10.0. The second-order valence-corrected chi connectivity index (χ2v) is 29.5. The smallest absolute Gasteiger partial charge is 0.462 e. The Hall–Kier alpha value is -2.55. The van der Waals surface area contributed by atoms with E-state index >= 15 is 0 Å². The monoisotopic (exact) mass is 1310 g/mol. The molecule has 0 aliphatic carbocycles. The quantitative estimate of drug-likeness (QED) is 0.0211. The molecule has 0 rings (SSSR count). The summed E-state index contributed by atoms with van der Waals surface area (Å²) in [6, 6.07) is 0. The Morgan fingerprint density at radius 2 is 0.620 bits per heavy atom. The molecule has 0 heterocycles. The average Bonchev–Trinajstić information content (AvgIpc) is 2.23. The molecule has 0 fully saturated rings. The Bertz CT molecular complexity index is 1780. The van der Waals surface area contributed by atoms with Gasteiger partial charge in [0.05, 0.1) is 27.7 Å². The van der Waals surface area contributed by atoms with Crippen molar-refractivity contribution >= 4 is 19.8 Å². The standard InChI is InChI=1S/C82H152NO8P/c1-6-8-10-12-14-16-18-20-22-24-26-28-30-32-34-35-36-37-38-39-40-41-42-43-44-45-46-47-49-51-53-55-57-59-61-63-65-67-69-71-73-75-82(85)91-80(79-90-92(86,87)89-77-76-83(3,4)5)78-88-81(84)74-72-70-68-66-64-62-60-58-56-54-52-50-48-33-31-29-27-25-23-21-19-17-15-13-11-9-7-2/h8,10,14,16,19-22,25-28,80H,6-7,9,11-13,15,17-18,23-24,29-79H2,1-5H3/p+1/b10-8-,16-14-,21-19-,22-20-,27-25-,28-26-. The fraction of sp³-hybridized carbons (Fsp3) is 0.829. The normalized spacial score (nSPS) is 13.4. The van der Waals surface area contributed by atoms with Crippen LogP contribution in [0.3, 0.4) is 0 Å². The molecule has 0 saturated carbocycles. The SMILES string of the molecule is CC/C=C\C/C=C\C/C=C\C/C=C\CCCCCCCCCCCCCCCCCCCCCCCCCCCCCCC(=O)OC(COC(=O)CCCCCCCCCCCCCCCCC/C=C\C/C=C\CCCCCCC)COP(=O)(O)OCC[N+](C)(C)C. The molecule has 2 unspecified atom stereocenters. The first kappa shape index (κ1) is 89.5. The van der Waals surface area contributed by atoms with Crippen molar-refractivity contribution in [3.63, 3.8) is 0 Å². The van der Waals surface area contributed by atoms with E-state index in [1.165, 1.54) is 289 Å². The second-order valence-electron chi connectivity index (χ2n) is 28.1. The van der Waals surface area contributed by atoms with Gasteiger partial charge in [-0.15, -0.1) is 0 Å². The second kappa shape index (κ2) is 72.7. The van der Waals surface area contributed by atoms with Crippen molar-refractivity contribution in [2.45, 2.75) is 392 Å². The maximum atomic E-state index is 12.9. The third-order valence-electron chi connectivity index (χ3n) is 17.7. The Labute approximate surface area is 571 Å². The van der Waals surface area contributed by atoms with Crippen LogP contribution in [0.25, 0.3) is 0 Å². The Morgan fingerprint density at radius 1 is 0.348 bits per heavy atom. The first-order valence-electron chi connectivity index (χ1n) is 39.7. The van der Waals surface area contributed by atoms with Crippen LogP contribution in [0.2, 0.25) is 0 Å². The van der Waals surface area contributed by atoms with Gasteiger partial charge in [-0.2, -0.15) is 0 Å². The molecule has 0 aromatic rings. The van der Waals surface area contributed by atoms with E-state index in [9.17, 15) is 19.0 Å². The van der Waals surface area contributed by atoms with E-state index in [2.05, 4.69) is 86.8 Å². The van der Waals surface area contributed by atoms with Gasteiger partial charge in [0.25, 0.3) is 0 Å². The number of carbonyl (C=O) groups excluding carboxylic acids is 2. The Balaban J connectivity index is 3.89. The summed E-state index contributed by atoms with van der Waals surface area (Å²) in [4.78, 5) is 36.0. The molecule has 0 bridgehead atoms. The number of quaternary nitrogens is 1. The van der Waals surface area contributed by atoms with Crippen LogP contribution < -0.4 is 0 Å². The molecule has 0 radical (unpaired) electrons. The van der Waals surface area contributed by atoms with Gasteiger partial charge in [0, 0.05) is 12.8 Å². The zero-order chi connectivity index (χ0) is 66.9. The molecule has 0 amide bonds. The number of carbonyl (C=O) groups is 2. The number of ether oxygens (including phenoxy) is 2. The van der Waals surface area contributed by atoms with Crippen LogP contribution in [-0.4, -0.2) is 74.9 Å². The number of allylic oxidation sites excluding steroid dienone is 12. The summed E-state index contributed by atoms with van der Waals surface area (Å²) in [6.07, 6.45) is 99.1. The number of rotatable bonds is 74. The zero-order valence-electron chi connectivity index (χ0n) is 61.5. The van der Waals surface area contributed by atoms with Crippen molar-refractivity contribution in [2.24, 2.45) is 0 Å². The highest BCUT2D eigenvalue weighted by Gasteiger charge is 2.27. The Kier molecular flexibility index (Phi) is 70.7. The van der Waals surface area contributed by atoms with Gasteiger partial charge in [-0.3, -0.25) is 18.6 Å². The van der Waals surface area contributed by atoms with E-state index in [4.69, 9.17) is 18.5 Å². The predicted octanol–water partition coefficient (Wildman–Crippen LogP) is 26.3. The number of hydrogen-bond acceptors (Lipinski definition) is 7. The summed E-state index contributed by atoms with van der Waals surface area (Å²) in [5.74, 6) is -0.777. The molecule has 538 valence electrons. The van der Waals surface area contributed by atoms with Crippen molar-refractivity contribution in [3.8, 4) is 0 Å². The molecule has 92 heavy (non-hydrogen) atoms. The molecule has 0 aromatic heterocycles. The van der Waals surface area contributed by atoms with Crippen molar-refractivity contribution in [2.75, 3.05) is 47.5 Å². The van der Waals surface area contributed by atoms with Crippen molar-refractivity contribution in [3.05, 3.63) is 72.9 Å². The van der Waals surface area contributed by atoms with Crippen molar-refractivity contribution < 1.29 is 42.1 Å². The van der Waals surface area contributed by atoms with Gasteiger partial charge in [-0.25, -0.2) is 4.57 Å². The minimum Gasteiger partial charge on any atom is -0.462 e. The fourth-order valence-corrected chi connectivity index (χ4v) is 12.4. The molecule has 0 aromatic carbocycles. The highest BCUT2D eigenvalue weighted by Crippen LogP contribution is 2.43. The van der Waals surface area contributed by atoms with E-state index < -0.39 is 26.5 Å². The first-order chi connectivity index (χ1) is 45.0. The summed E-state index contributed by atoms with van der Waals surface area (Å²) >= 11 is 0. The van der Waals surface area contributed by atoms with Gasteiger partial charge in [0.15, 0.2) is 6.10 Å². The molecule has 1 N–H and O–H groups in total. The van der Waals surface area contributed by atoms with Crippen LogP contribution >= 0.6 is 7.82 Å². The molecular formula is C82H153NO8P+. The third-order valence-corrected chi connectivity index (χ3v) is 18.7. The first-order valence-corrected chi connectivity index (χ1v) is 41.2. The van der Waals surface area contributed by atoms with Gasteiger partial charge >= 0.3 is 19.8 Å². The molecule has 0 aliphatic rings. The molecular weight excluding hydrogens is 1160 g/mol. The van der Waals surface area contributed by atoms with E-state index in [1.807, 2.05) is 21.1 Å². The molecule has 2 atom stereocenters. The summed E-state index contributed by atoms with van der Waals surface area (Å²) < 4.78 is 34.8. The maximum absolute atomic E-state index is 12.9. The predicted molar refractivity (Wildman–Crippen MR) is 399 cm³/mol.